The second kappa shape index (κ2) is 9.34. The van der Waals surface area contributed by atoms with Crippen molar-refractivity contribution in [3.63, 3.8) is 0 Å². The minimum absolute atomic E-state index is 0.0325. The Morgan fingerprint density at radius 1 is 1.38 bits per heavy atom. The number of aliphatic hydroxyl groups is 1. The molecule has 7 nitrogen and oxygen atoms in total. The molecule has 0 radical (unpaired) electrons. The summed E-state index contributed by atoms with van der Waals surface area (Å²) in [6.45, 7) is 4.11. The molecule has 1 unspecified atom stereocenters. The highest BCUT2D eigenvalue weighted by atomic mass is 32.2. The first-order valence-electron chi connectivity index (χ1n) is 7.42. The molecule has 0 bridgehead atoms. The van der Waals surface area contributed by atoms with E-state index in [2.05, 4.69) is 5.32 Å². The molecular weight excluding hydrogens is 296 g/mol. The second-order valence-corrected chi connectivity index (χ2v) is 7.26. The summed E-state index contributed by atoms with van der Waals surface area (Å²) in [5, 5.41) is 11.6. The van der Waals surface area contributed by atoms with Crippen LogP contribution in [0.1, 0.15) is 26.2 Å². The smallest absolute Gasteiger partial charge is 0.221 e. The number of morpholine rings is 1. The lowest BCUT2D eigenvalue weighted by molar-refractivity contribution is -0.120. The van der Waals surface area contributed by atoms with Gasteiger partial charge in [0, 0.05) is 32.7 Å². The van der Waals surface area contributed by atoms with Gasteiger partial charge in [-0.1, -0.05) is 13.3 Å². The van der Waals surface area contributed by atoms with Crippen LogP contribution in [0.2, 0.25) is 0 Å². The minimum atomic E-state index is -3.38. The zero-order chi connectivity index (χ0) is 15.7. The first-order valence-corrected chi connectivity index (χ1v) is 9.03. The van der Waals surface area contributed by atoms with Crippen molar-refractivity contribution in [1.82, 2.24) is 9.62 Å². The van der Waals surface area contributed by atoms with Crippen LogP contribution in [0.5, 0.6) is 0 Å². The second-order valence-electron chi connectivity index (χ2n) is 5.17. The van der Waals surface area contributed by atoms with Crippen LogP contribution >= 0.6 is 0 Å². The fourth-order valence-corrected chi connectivity index (χ4v) is 3.56. The van der Waals surface area contributed by atoms with E-state index >= 15 is 0 Å². The molecule has 0 saturated carbocycles. The van der Waals surface area contributed by atoms with Crippen LogP contribution in [0, 0.1) is 5.92 Å². The minimum Gasteiger partial charge on any atom is -0.396 e. The summed E-state index contributed by atoms with van der Waals surface area (Å²) in [5.74, 6) is -0.201. The van der Waals surface area contributed by atoms with Gasteiger partial charge in [0.25, 0.3) is 0 Å². The number of sulfonamides is 1. The van der Waals surface area contributed by atoms with E-state index in [1.807, 2.05) is 6.92 Å². The third kappa shape index (κ3) is 6.73. The predicted molar refractivity (Wildman–Crippen MR) is 79.3 cm³/mol. The molecule has 1 amide bonds. The number of hydrogen-bond donors (Lipinski definition) is 2. The molecule has 0 aromatic rings. The average Bonchev–Trinajstić information content (AvgIpc) is 2.50. The molecule has 0 aromatic carbocycles. The van der Waals surface area contributed by atoms with Crippen LogP contribution in [0.3, 0.4) is 0 Å². The summed E-state index contributed by atoms with van der Waals surface area (Å²) in [4.78, 5) is 11.7. The molecule has 1 fully saturated rings. The van der Waals surface area contributed by atoms with Crippen molar-refractivity contribution < 1.29 is 23.1 Å². The van der Waals surface area contributed by atoms with E-state index < -0.39 is 10.0 Å². The third-order valence-corrected chi connectivity index (χ3v) is 5.53. The summed E-state index contributed by atoms with van der Waals surface area (Å²) in [6.07, 6.45) is 1.48. The number of nitrogens with zero attached hydrogens (tertiary/aromatic N) is 1. The largest absolute Gasteiger partial charge is 0.396 e. The van der Waals surface area contributed by atoms with Gasteiger partial charge in [0.1, 0.15) is 0 Å². The quantitative estimate of drug-likeness (QED) is 0.600. The lowest BCUT2D eigenvalue weighted by Gasteiger charge is -2.25. The Kier molecular flexibility index (Phi) is 8.16. The Morgan fingerprint density at radius 3 is 2.62 bits per heavy atom. The zero-order valence-electron chi connectivity index (χ0n) is 12.6. The van der Waals surface area contributed by atoms with Crippen molar-refractivity contribution in [2.75, 3.05) is 45.2 Å². The van der Waals surface area contributed by atoms with E-state index in [9.17, 15) is 13.2 Å². The summed E-state index contributed by atoms with van der Waals surface area (Å²) >= 11 is 0. The van der Waals surface area contributed by atoms with Crippen molar-refractivity contribution >= 4 is 15.9 Å². The molecule has 0 aliphatic carbocycles. The summed E-state index contributed by atoms with van der Waals surface area (Å²) in [5.41, 5.74) is 0. The fourth-order valence-electron chi connectivity index (χ4n) is 2.16. The highest BCUT2D eigenvalue weighted by Gasteiger charge is 2.24. The van der Waals surface area contributed by atoms with Gasteiger partial charge in [0.15, 0.2) is 0 Å². The normalized spacial score (nSPS) is 18.4. The molecule has 0 aromatic heterocycles. The molecule has 124 valence electrons. The molecule has 1 rings (SSSR count). The van der Waals surface area contributed by atoms with E-state index in [4.69, 9.17) is 9.84 Å². The number of rotatable bonds is 9. The van der Waals surface area contributed by atoms with Crippen LogP contribution in [0.15, 0.2) is 0 Å². The molecule has 1 saturated heterocycles. The van der Waals surface area contributed by atoms with Crippen molar-refractivity contribution in [3.05, 3.63) is 0 Å². The maximum atomic E-state index is 12.0. The van der Waals surface area contributed by atoms with E-state index in [1.165, 1.54) is 4.31 Å². The number of carbonyl (C=O) groups excluding carboxylic acids is 1. The van der Waals surface area contributed by atoms with E-state index in [0.717, 1.165) is 6.42 Å². The van der Waals surface area contributed by atoms with Gasteiger partial charge in [-0.25, -0.2) is 8.42 Å². The van der Waals surface area contributed by atoms with Gasteiger partial charge in [0.05, 0.1) is 19.0 Å². The standard InChI is InChI=1S/C13H26N2O5S/c1-2-12(3-7-16)11-14-13(17)4-10-21(18,19)15-5-8-20-9-6-15/h12,16H,2-11H2,1H3,(H,14,17). The molecule has 1 heterocycles. The fraction of sp³-hybridized carbons (Fsp3) is 0.923. The Labute approximate surface area is 126 Å². The van der Waals surface area contributed by atoms with Crippen LogP contribution in [0.25, 0.3) is 0 Å². The highest BCUT2D eigenvalue weighted by molar-refractivity contribution is 7.89. The lowest BCUT2D eigenvalue weighted by atomic mass is 10.0. The third-order valence-electron chi connectivity index (χ3n) is 3.65. The maximum absolute atomic E-state index is 12.0. The van der Waals surface area contributed by atoms with Crippen molar-refractivity contribution in [1.29, 1.82) is 0 Å². The Balaban J connectivity index is 2.31. The van der Waals surface area contributed by atoms with Crippen LogP contribution < -0.4 is 5.32 Å². The number of nitrogens with one attached hydrogen (secondary N) is 1. The number of carbonyl (C=O) groups is 1. The van der Waals surface area contributed by atoms with Gasteiger partial charge in [-0.2, -0.15) is 4.31 Å². The van der Waals surface area contributed by atoms with Gasteiger partial charge >= 0.3 is 0 Å². The number of aliphatic hydroxyl groups excluding tert-OH is 1. The molecule has 8 heteroatoms. The molecule has 21 heavy (non-hydrogen) atoms. The summed E-state index contributed by atoms with van der Waals surface area (Å²) in [6, 6.07) is 0. The van der Waals surface area contributed by atoms with E-state index in [-0.39, 0.29) is 30.6 Å². The van der Waals surface area contributed by atoms with Gasteiger partial charge < -0.3 is 15.2 Å². The zero-order valence-corrected chi connectivity index (χ0v) is 13.4. The van der Waals surface area contributed by atoms with E-state index in [1.54, 1.807) is 0 Å². The van der Waals surface area contributed by atoms with Crippen LogP contribution in [-0.4, -0.2) is 68.9 Å². The predicted octanol–water partition coefficient (Wildman–Crippen LogP) is -0.437. The van der Waals surface area contributed by atoms with Crippen LogP contribution in [0.4, 0.5) is 0 Å². The summed E-state index contributed by atoms with van der Waals surface area (Å²) in [7, 11) is -3.38. The first kappa shape index (κ1) is 18.3. The maximum Gasteiger partial charge on any atom is 0.221 e. The number of amides is 1. The first-order chi connectivity index (χ1) is 9.99. The van der Waals surface area contributed by atoms with E-state index in [0.29, 0.717) is 39.3 Å². The Hall–Kier alpha value is -0.700. The Morgan fingerprint density at radius 2 is 2.05 bits per heavy atom. The Bertz CT molecular complexity index is 407. The van der Waals surface area contributed by atoms with Crippen molar-refractivity contribution in [3.8, 4) is 0 Å². The average molecular weight is 322 g/mol. The van der Waals surface area contributed by atoms with Gasteiger partial charge in [0.2, 0.25) is 15.9 Å². The molecule has 0 spiro atoms. The van der Waals surface area contributed by atoms with Crippen molar-refractivity contribution in [2.45, 2.75) is 26.2 Å². The van der Waals surface area contributed by atoms with Gasteiger partial charge in [-0.3, -0.25) is 4.79 Å². The topological polar surface area (TPSA) is 95.9 Å². The number of hydrogen-bond acceptors (Lipinski definition) is 5. The molecule has 2 N–H and O–H groups in total. The highest BCUT2D eigenvalue weighted by Crippen LogP contribution is 2.08. The van der Waals surface area contributed by atoms with Crippen LogP contribution in [-0.2, 0) is 19.6 Å². The molecule has 1 atom stereocenters. The molecule has 1 aliphatic rings. The SMILES string of the molecule is CCC(CCO)CNC(=O)CCS(=O)(=O)N1CCOCC1. The molecular formula is C13H26N2O5S. The van der Waals surface area contributed by atoms with Gasteiger partial charge in [-0.15, -0.1) is 0 Å². The van der Waals surface area contributed by atoms with Gasteiger partial charge in [-0.05, 0) is 12.3 Å². The number of ether oxygens (including phenoxy) is 1. The van der Waals surface area contributed by atoms with Crippen molar-refractivity contribution in [2.24, 2.45) is 5.92 Å². The molecule has 1 aliphatic heterocycles. The lowest BCUT2D eigenvalue weighted by Crippen LogP contribution is -2.42. The monoisotopic (exact) mass is 322 g/mol. The summed E-state index contributed by atoms with van der Waals surface area (Å²) < 4.78 is 30.6.